The summed E-state index contributed by atoms with van der Waals surface area (Å²) >= 11 is 0. The number of benzene rings is 2. The molecule has 0 saturated heterocycles. The van der Waals surface area contributed by atoms with Crippen LogP contribution >= 0.6 is 0 Å². The zero-order valence-corrected chi connectivity index (χ0v) is 23.5. The molecule has 0 atom stereocenters. The van der Waals surface area contributed by atoms with Crippen LogP contribution in [0.25, 0.3) is 0 Å². The molecule has 2 aromatic carbocycles. The quantitative estimate of drug-likeness (QED) is 0.236. The molecule has 0 aliphatic heterocycles. The van der Waals surface area contributed by atoms with Crippen molar-refractivity contribution in [1.82, 2.24) is 0 Å². The van der Waals surface area contributed by atoms with Crippen molar-refractivity contribution in [3.05, 3.63) is 48.0 Å². The van der Waals surface area contributed by atoms with Crippen molar-refractivity contribution >= 4 is 10.1 Å². The van der Waals surface area contributed by atoms with Gasteiger partial charge in [-0.3, -0.25) is 4.55 Å². The van der Waals surface area contributed by atoms with E-state index in [4.69, 9.17) is 4.74 Å². The monoisotopic (exact) mass is 486 g/mol. The fourth-order valence-corrected chi connectivity index (χ4v) is 4.40. The van der Waals surface area contributed by atoms with Gasteiger partial charge in [0.25, 0.3) is 10.1 Å². The number of rotatable bonds is 15. The van der Waals surface area contributed by atoms with Crippen molar-refractivity contribution in [2.24, 2.45) is 0 Å². The van der Waals surface area contributed by atoms with Crippen LogP contribution in [0.2, 0.25) is 0 Å². The molecule has 0 aromatic heterocycles. The summed E-state index contributed by atoms with van der Waals surface area (Å²) in [6.45, 7) is 2.25. The predicted octanol–water partition coefficient (Wildman–Crippen LogP) is 3.66. The second kappa shape index (κ2) is 16.3. The van der Waals surface area contributed by atoms with E-state index in [1.54, 1.807) is 6.07 Å². The molecule has 0 heterocycles. The van der Waals surface area contributed by atoms with E-state index < -0.39 is 20.8 Å². The van der Waals surface area contributed by atoms with Crippen molar-refractivity contribution in [2.75, 3.05) is 0 Å². The normalized spacial score (nSPS) is 11.2. The first-order valence-corrected chi connectivity index (χ1v) is 12.9. The van der Waals surface area contributed by atoms with Crippen LogP contribution in [0.4, 0.5) is 0 Å². The van der Waals surface area contributed by atoms with Crippen molar-refractivity contribution < 1.29 is 74.2 Å². The van der Waals surface area contributed by atoms with E-state index in [2.05, 4.69) is 6.92 Å². The third-order valence-electron chi connectivity index (χ3n) is 5.40. The molecule has 0 aliphatic carbocycles. The van der Waals surface area contributed by atoms with E-state index in [9.17, 15) is 18.1 Å². The Morgan fingerprint density at radius 2 is 1.41 bits per heavy atom. The molecule has 0 fully saturated rings. The van der Waals surface area contributed by atoms with Crippen LogP contribution in [0.3, 0.4) is 0 Å². The van der Waals surface area contributed by atoms with E-state index in [0.29, 0.717) is 5.75 Å². The molecule has 172 valence electrons. The molecule has 0 aliphatic rings. The Morgan fingerprint density at radius 3 is 2.00 bits per heavy atom. The zero-order chi connectivity index (χ0) is 22.5. The minimum atomic E-state index is -4.67. The van der Waals surface area contributed by atoms with Gasteiger partial charge in [-0.15, -0.1) is 0 Å². The third kappa shape index (κ3) is 11.1. The van der Waals surface area contributed by atoms with Gasteiger partial charge in [0, 0.05) is 0 Å². The molecule has 0 bridgehead atoms. The van der Waals surface area contributed by atoms with Gasteiger partial charge < -0.3 is 9.84 Å². The molecular weight excluding hydrogens is 451 g/mol. The summed E-state index contributed by atoms with van der Waals surface area (Å²) in [5, 5.41) is 11.9. The first-order chi connectivity index (χ1) is 14.9. The van der Waals surface area contributed by atoms with E-state index in [-0.39, 0.29) is 57.1 Å². The van der Waals surface area contributed by atoms with Crippen molar-refractivity contribution in [3.8, 4) is 17.2 Å². The maximum absolute atomic E-state index is 11.9. The van der Waals surface area contributed by atoms with Crippen LogP contribution in [0.15, 0.2) is 47.4 Å². The fraction of sp³-hybridized carbons (Fsp3) is 0.520. The van der Waals surface area contributed by atoms with Crippen LogP contribution in [-0.2, 0) is 16.5 Å². The molecule has 2 aromatic rings. The molecule has 0 spiro atoms. The Kier molecular flexibility index (Phi) is 15.0. The summed E-state index contributed by atoms with van der Waals surface area (Å²) in [6, 6.07) is 11.3. The number of hydrogen-bond acceptors (Lipinski definition) is 4. The van der Waals surface area contributed by atoms with Crippen molar-refractivity contribution in [1.29, 1.82) is 0 Å². The van der Waals surface area contributed by atoms with Gasteiger partial charge in [0.2, 0.25) is 0 Å². The first-order valence-electron chi connectivity index (χ1n) is 11.5. The van der Waals surface area contributed by atoms with Crippen LogP contribution in [0.5, 0.6) is 17.2 Å². The fourth-order valence-electron chi connectivity index (χ4n) is 3.72. The second-order valence-electron chi connectivity index (χ2n) is 8.09. The van der Waals surface area contributed by atoms with E-state index in [1.807, 2.05) is 18.2 Å². The second-order valence-corrected chi connectivity index (χ2v) is 9.45. The third-order valence-corrected chi connectivity index (χ3v) is 6.31. The standard InChI is InChI=1S/C25H36O5S.K/c1-2-3-4-5-6-7-8-9-10-11-12-15-21-16-13-17-22(20-21)30-24-19-14-18-23(26)25(24)31(27,28)29;/h13-14,16-20,26H,2-12,15H2,1H3,(H,27,28,29);/q;+1/p-1. The van der Waals surface area contributed by atoms with Gasteiger partial charge in [-0.25, -0.2) is 0 Å². The smallest absolute Gasteiger partial charge is 0.871 e. The minimum absolute atomic E-state index is 0. The van der Waals surface area contributed by atoms with E-state index in [0.717, 1.165) is 24.5 Å². The van der Waals surface area contributed by atoms with Crippen LogP contribution in [-0.4, -0.2) is 13.0 Å². The molecule has 1 N–H and O–H groups in total. The van der Waals surface area contributed by atoms with Crippen molar-refractivity contribution in [3.63, 3.8) is 0 Å². The Morgan fingerprint density at radius 1 is 0.844 bits per heavy atom. The predicted molar refractivity (Wildman–Crippen MR) is 122 cm³/mol. The topological polar surface area (TPSA) is 86.7 Å². The number of unbranched alkanes of at least 4 members (excludes halogenated alkanes) is 10. The summed E-state index contributed by atoms with van der Waals surface area (Å²) in [5.74, 6) is -0.518. The number of ether oxygens (including phenoxy) is 1. The van der Waals surface area contributed by atoms with Gasteiger partial charge >= 0.3 is 51.4 Å². The summed E-state index contributed by atoms with van der Waals surface area (Å²) in [4.78, 5) is -0.731. The molecule has 0 amide bonds. The molecule has 7 heteroatoms. The summed E-state index contributed by atoms with van der Waals surface area (Å²) in [6.07, 6.45) is 15.2. The average Bonchev–Trinajstić information content (AvgIpc) is 2.71. The number of aryl methyl sites for hydroxylation is 1. The van der Waals surface area contributed by atoms with Crippen LogP contribution < -0.4 is 61.2 Å². The van der Waals surface area contributed by atoms with Gasteiger partial charge in [0.05, 0.1) is 0 Å². The van der Waals surface area contributed by atoms with E-state index in [1.165, 1.54) is 76.3 Å². The van der Waals surface area contributed by atoms with Gasteiger partial charge in [-0.1, -0.05) is 101 Å². The minimum Gasteiger partial charge on any atom is -0.871 e. The summed E-state index contributed by atoms with van der Waals surface area (Å²) in [7, 11) is -4.67. The first kappa shape index (κ1) is 29.6. The van der Waals surface area contributed by atoms with Gasteiger partial charge in [-0.2, -0.15) is 8.42 Å². The molecule has 0 unspecified atom stereocenters. The zero-order valence-electron chi connectivity index (χ0n) is 19.5. The number of hydrogen-bond donors (Lipinski definition) is 1. The summed E-state index contributed by atoms with van der Waals surface area (Å²) in [5.41, 5.74) is 1.10. The van der Waals surface area contributed by atoms with Gasteiger partial charge in [0.1, 0.15) is 16.4 Å². The van der Waals surface area contributed by atoms with Crippen LogP contribution in [0, 0.1) is 0 Å². The van der Waals surface area contributed by atoms with Gasteiger partial charge in [0.15, 0.2) is 0 Å². The maximum atomic E-state index is 11.9. The molecule has 0 saturated carbocycles. The molecule has 32 heavy (non-hydrogen) atoms. The molecular formula is C25H35KO5S. The summed E-state index contributed by atoms with van der Waals surface area (Å²) < 4.78 is 38.0. The molecule has 0 radical (unpaired) electrons. The Bertz CT molecular complexity index is 899. The average molecular weight is 487 g/mol. The largest absolute Gasteiger partial charge is 1.00 e. The van der Waals surface area contributed by atoms with Crippen LogP contribution in [0.1, 0.15) is 83.1 Å². The Hall–Kier alpha value is -0.414. The molecule has 2 rings (SSSR count). The van der Waals surface area contributed by atoms with E-state index >= 15 is 0 Å². The maximum Gasteiger partial charge on any atom is 1.00 e. The van der Waals surface area contributed by atoms with Crippen molar-refractivity contribution in [2.45, 2.75) is 88.9 Å². The van der Waals surface area contributed by atoms with Gasteiger partial charge in [-0.05, 0) is 36.6 Å². The Labute approximate surface area is 236 Å². The molecule has 5 nitrogen and oxygen atoms in total. The Balaban J connectivity index is 0.00000512. The SMILES string of the molecule is CCCCCCCCCCCCCc1cccc(Oc2cccc([O-])c2S(=O)(=O)O)c1.[K+].